The fraction of sp³-hybridized carbons (Fsp3) is 0.688. The second kappa shape index (κ2) is 10.0. The van der Waals surface area contributed by atoms with Crippen LogP contribution in [0.5, 0.6) is 0 Å². The molecule has 3 rings (SSSR count). The molecule has 2 saturated carbocycles. The fourth-order valence-electron chi connectivity index (χ4n) is 3.91. The highest BCUT2D eigenvalue weighted by molar-refractivity contribution is 5.85. The second-order valence-corrected chi connectivity index (χ2v) is 6.51. The number of carbonyl (C=O) groups is 1. The SMILES string of the molecule is Cl.Cl.NC1C2CCCC1CC(C(=O)NCCNc1cnccn1)C2. The van der Waals surface area contributed by atoms with Gasteiger partial charge in [-0.2, -0.15) is 0 Å². The van der Waals surface area contributed by atoms with Crippen LogP contribution in [0.1, 0.15) is 32.1 Å². The molecule has 24 heavy (non-hydrogen) atoms. The van der Waals surface area contributed by atoms with Crippen LogP contribution in [0.3, 0.4) is 0 Å². The molecule has 136 valence electrons. The molecule has 4 N–H and O–H groups in total. The van der Waals surface area contributed by atoms with E-state index in [0.717, 1.165) is 18.7 Å². The van der Waals surface area contributed by atoms with Crippen LogP contribution >= 0.6 is 24.8 Å². The van der Waals surface area contributed by atoms with E-state index in [1.54, 1.807) is 18.6 Å². The number of aromatic nitrogens is 2. The molecule has 1 aromatic rings. The predicted molar refractivity (Wildman–Crippen MR) is 99.6 cm³/mol. The number of nitrogens with one attached hydrogen (secondary N) is 2. The van der Waals surface area contributed by atoms with Gasteiger partial charge in [0.05, 0.1) is 6.20 Å². The number of amides is 1. The van der Waals surface area contributed by atoms with Gasteiger partial charge in [0.2, 0.25) is 5.91 Å². The summed E-state index contributed by atoms with van der Waals surface area (Å²) in [5.41, 5.74) is 6.28. The van der Waals surface area contributed by atoms with E-state index in [0.29, 0.717) is 31.0 Å². The van der Waals surface area contributed by atoms with E-state index in [2.05, 4.69) is 20.6 Å². The Morgan fingerprint density at radius 3 is 2.50 bits per heavy atom. The van der Waals surface area contributed by atoms with Crippen LogP contribution in [0, 0.1) is 17.8 Å². The fourth-order valence-corrected chi connectivity index (χ4v) is 3.91. The Labute approximate surface area is 155 Å². The summed E-state index contributed by atoms with van der Waals surface area (Å²) in [5, 5.41) is 6.18. The first-order valence-electron chi connectivity index (χ1n) is 8.27. The molecule has 0 aliphatic heterocycles. The van der Waals surface area contributed by atoms with E-state index in [1.165, 1.54) is 19.3 Å². The maximum absolute atomic E-state index is 12.3. The lowest BCUT2D eigenvalue weighted by Crippen LogP contribution is -2.49. The molecule has 2 unspecified atom stereocenters. The van der Waals surface area contributed by atoms with E-state index < -0.39 is 0 Å². The van der Waals surface area contributed by atoms with Crippen molar-refractivity contribution in [3.8, 4) is 0 Å². The van der Waals surface area contributed by atoms with Gasteiger partial charge in [0.15, 0.2) is 0 Å². The van der Waals surface area contributed by atoms with Gasteiger partial charge in [0, 0.05) is 37.4 Å². The minimum Gasteiger partial charge on any atom is -0.367 e. The Morgan fingerprint density at radius 2 is 1.88 bits per heavy atom. The van der Waals surface area contributed by atoms with Gasteiger partial charge in [-0.25, -0.2) is 4.98 Å². The van der Waals surface area contributed by atoms with E-state index >= 15 is 0 Å². The first-order valence-corrected chi connectivity index (χ1v) is 8.27. The molecule has 0 radical (unpaired) electrons. The molecule has 1 heterocycles. The lowest BCUT2D eigenvalue weighted by Gasteiger charge is -2.43. The molecule has 2 bridgehead atoms. The zero-order valence-electron chi connectivity index (χ0n) is 13.7. The number of nitrogens with zero attached hydrogens (tertiary/aromatic N) is 2. The molecule has 2 atom stereocenters. The Hall–Kier alpha value is -1.11. The van der Waals surface area contributed by atoms with Crippen molar-refractivity contribution in [3.05, 3.63) is 18.6 Å². The monoisotopic (exact) mass is 375 g/mol. The number of nitrogens with two attached hydrogens (primary N) is 1. The zero-order valence-corrected chi connectivity index (χ0v) is 15.3. The average Bonchev–Trinajstić information content (AvgIpc) is 2.52. The van der Waals surface area contributed by atoms with Crippen LogP contribution < -0.4 is 16.4 Å². The normalized spacial score (nSPS) is 28.0. The van der Waals surface area contributed by atoms with E-state index in [-0.39, 0.29) is 36.6 Å². The highest BCUT2D eigenvalue weighted by atomic mass is 35.5. The third kappa shape index (κ3) is 5.19. The zero-order chi connectivity index (χ0) is 15.4. The summed E-state index contributed by atoms with van der Waals surface area (Å²) in [4.78, 5) is 20.5. The summed E-state index contributed by atoms with van der Waals surface area (Å²) in [5.74, 6) is 2.15. The van der Waals surface area contributed by atoms with Crippen molar-refractivity contribution in [3.63, 3.8) is 0 Å². The van der Waals surface area contributed by atoms with Crippen molar-refractivity contribution in [2.75, 3.05) is 18.4 Å². The van der Waals surface area contributed by atoms with Crippen LogP contribution in [0.25, 0.3) is 0 Å². The summed E-state index contributed by atoms with van der Waals surface area (Å²) in [6, 6.07) is 0.316. The van der Waals surface area contributed by atoms with Gasteiger partial charge in [0.25, 0.3) is 0 Å². The number of carbonyl (C=O) groups excluding carboxylic acids is 1. The molecule has 6 nitrogen and oxygen atoms in total. The Kier molecular flexibility index (Phi) is 8.73. The highest BCUT2D eigenvalue weighted by Gasteiger charge is 2.40. The molecule has 0 saturated heterocycles. The van der Waals surface area contributed by atoms with E-state index in [1.807, 2.05) is 0 Å². The molecule has 2 fully saturated rings. The Balaban J connectivity index is 0.00000144. The van der Waals surface area contributed by atoms with Crippen molar-refractivity contribution in [2.45, 2.75) is 38.1 Å². The minimum absolute atomic E-state index is 0. The van der Waals surface area contributed by atoms with Gasteiger partial charge in [-0.3, -0.25) is 9.78 Å². The summed E-state index contributed by atoms with van der Waals surface area (Å²) < 4.78 is 0. The molecule has 2 aliphatic rings. The van der Waals surface area contributed by atoms with Crippen LogP contribution in [-0.4, -0.2) is 35.0 Å². The van der Waals surface area contributed by atoms with Gasteiger partial charge in [-0.15, -0.1) is 24.8 Å². The molecule has 0 spiro atoms. The van der Waals surface area contributed by atoms with Crippen molar-refractivity contribution in [2.24, 2.45) is 23.5 Å². The largest absolute Gasteiger partial charge is 0.367 e. The lowest BCUT2D eigenvalue weighted by atomic mass is 9.65. The van der Waals surface area contributed by atoms with Gasteiger partial charge in [0.1, 0.15) is 5.82 Å². The Bertz CT molecular complexity index is 491. The van der Waals surface area contributed by atoms with Gasteiger partial charge in [-0.05, 0) is 37.5 Å². The first-order chi connectivity index (χ1) is 10.7. The van der Waals surface area contributed by atoms with Crippen molar-refractivity contribution < 1.29 is 4.79 Å². The van der Waals surface area contributed by atoms with E-state index in [4.69, 9.17) is 5.73 Å². The number of fused-ring (bicyclic) bond motifs is 2. The van der Waals surface area contributed by atoms with Crippen LogP contribution in [-0.2, 0) is 4.79 Å². The van der Waals surface area contributed by atoms with Crippen LogP contribution in [0.4, 0.5) is 5.82 Å². The smallest absolute Gasteiger partial charge is 0.223 e. The third-order valence-corrected chi connectivity index (χ3v) is 5.08. The number of halogens is 2. The number of rotatable bonds is 5. The topological polar surface area (TPSA) is 92.9 Å². The van der Waals surface area contributed by atoms with Gasteiger partial charge in [-0.1, -0.05) is 6.42 Å². The maximum atomic E-state index is 12.3. The minimum atomic E-state index is 0. The maximum Gasteiger partial charge on any atom is 0.223 e. The standard InChI is InChI=1S/C16H25N5O.2ClH/c17-15-11-2-1-3-12(15)9-13(8-11)16(22)21-7-6-20-14-10-18-4-5-19-14;;/h4-5,10-13,15H,1-3,6-9,17H2,(H,19,20)(H,21,22);2*1H. The van der Waals surface area contributed by atoms with Crippen LogP contribution in [0.15, 0.2) is 18.6 Å². The summed E-state index contributed by atoms with van der Waals surface area (Å²) in [6.07, 6.45) is 10.5. The predicted octanol–water partition coefficient (Wildman–Crippen LogP) is 2.00. The molecule has 8 heteroatoms. The number of anilines is 1. The van der Waals surface area contributed by atoms with Gasteiger partial charge < -0.3 is 16.4 Å². The first kappa shape index (κ1) is 20.9. The van der Waals surface area contributed by atoms with Crippen molar-refractivity contribution in [1.29, 1.82) is 0 Å². The molecule has 2 aliphatic carbocycles. The number of hydrogen-bond donors (Lipinski definition) is 3. The summed E-state index contributed by atoms with van der Waals surface area (Å²) in [6.45, 7) is 1.26. The highest BCUT2D eigenvalue weighted by Crippen LogP contribution is 2.41. The second-order valence-electron chi connectivity index (χ2n) is 6.51. The summed E-state index contributed by atoms with van der Waals surface area (Å²) in [7, 11) is 0. The molecule has 0 aromatic carbocycles. The quantitative estimate of drug-likeness (QED) is 0.684. The third-order valence-electron chi connectivity index (χ3n) is 5.08. The number of hydrogen-bond acceptors (Lipinski definition) is 5. The average molecular weight is 376 g/mol. The summed E-state index contributed by atoms with van der Waals surface area (Å²) >= 11 is 0. The molecule has 1 aromatic heterocycles. The molecular weight excluding hydrogens is 349 g/mol. The van der Waals surface area contributed by atoms with Gasteiger partial charge >= 0.3 is 0 Å². The van der Waals surface area contributed by atoms with E-state index in [9.17, 15) is 4.79 Å². The van der Waals surface area contributed by atoms with Crippen molar-refractivity contribution >= 4 is 36.5 Å². The van der Waals surface area contributed by atoms with Crippen molar-refractivity contribution in [1.82, 2.24) is 15.3 Å². The Morgan fingerprint density at radius 1 is 1.17 bits per heavy atom. The van der Waals surface area contributed by atoms with Crippen LogP contribution in [0.2, 0.25) is 0 Å². The molecular formula is C16H27Cl2N5O. The lowest BCUT2D eigenvalue weighted by molar-refractivity contribution is -0.127. The molecule has 1 amide bonds.